The molecular formula is C14H15BrN2. The number of hydrogen-bond acceptors (Lipinski definition) is 1. The van der Waals surface area contributed by atoms with E-state index in [0.717, 1.165) is 4.60 Å². The van der Waals surface area contributed by atoms with E-state index in [-0.39, 0.29) is 0 Å². The van der Waals surface area contributed by atoms with Crippen LogP contribution in [0.2, 0.25) is 0 Å². The molecule has 0 aliphatic heterocycles. The van der Waals surface area contributed by atoms with Gasteiger partial charge in [0, 0.05) is 12.6 Å². The fourth-order valence-corrected chi connectivity index (χ4v) is 3.21. The fourth-order valence-electron chi connectivity index (χ4n) is 2.61. The van der Waals surface area contributed by atoms with Crippen LogP contribution in [0.1, 0.15) is 24.0 Å². The molecule has 0 radical (unpaired) electrons. The van der Waals surface area contributed by atoms with Crippen molar-refractivity contribution in [3.05, 3.63) is 40.3 Å². The van der Waals surface area contributed by atoms with Gasteiger partial charge in [0.2, 0.25) is 0 Å². The molecule has 1 heterocycles. The van der Waals surface area contributed by atoms with Gasteiger partial charge in [-0.15, -0.1) is 0 Å². The molecule has 88 valence electrons. The molecule has 1 aliphatic rings. The lowest BCUT2D eigenvalue weighted by atomic mass is 9.90. The van der Waals surface area contributed by atoms with Gasteiger partial charge >= 0.3 is 0 Å². The number of halogens is 1. The van der Waals surface area contributed by atoms with Crippen molar-refractivity contribution in [3.63, 3.8) is 0 Å². The first kappa shape index (κ1) is 11.0. The van der Waals surface area contributed by atoms with Crippen LogP contribution in [0.4, 0.5) is 0 Å². The molecule has 3 rings (SSSR count). The standard InChI is InChI=1S/C14H15BrN2/c1-17-9-16-14(15)13(17)12-7-6-10-4-2-3-5-11(10)8-12/h6-9H,2-5H2,1H3. The van der Waals surface area contributed by atoms with Crippen molar-refractivity contribution in [2.45, 2.75) is 25.7 Å². The average molecular weight is 291 g/mol. The highest BCUT2D eigenvalue weighted by Gasteiger charge is 2.13. The molecule has 0 amide bonds. The third-order valence-corrected chi connectivity index (χ3v) is 4.09. The van der Waals surface area contributed by atoms with E-state index >= 15 is 0 Å². The summed E-state index contributed by atoms with van der Waals surface area (Å²) in [5.41, 5.74) is 5.47. The van der Waals surface area contributed by atoms with Gasteiger partial charge in [0.1, 0.15) is 4.60 Å². The summed E-state index contributed by atoms with van der Waals surface area (Å²) in [6.07, 6.45) is 6.96. The Morgan fingerprint density at radius 2 is 1.94 bits per heavy atom. The van der Waals surface area contributed by atoms with Crippen molar-refractivity contribution in [2.24, 2.45) is 7.05 Å². The molecule has 2 nitrogen and oxygen atoms in total. The van der Waals surface area contributed by atoms with Crippen molar-refractivity contribution < 1.29 is 0 Å². The SMILES string of the molecule is Cn1cnc(Br)c1-c1ccc2c(c1)CCCC2. The number of aromatic nitrogens is 2. The molecule has 0 bridgehead atoms. The summed E-state index contributed by atoms with van der Waals surface area (Å²) in [6.45, 7) is 0. The third-order valence-electron chi connectivity index (χ3n) is 3.51. The van der Waals surface area contributed by atoms with E-state index < -0.39 is 0 Å². The Labute approximate surface area is 110 Å². The summed E-state index contributed by atoms with van der Waals surface area (Å²) in [5, 5.41) is 0. The van der Waals surface area contributed by atoms with E-state index in [1.165, 1.54) is 48.1 Å². The Balaban J connectivity index is 2.10. The van der Waals surface area contributed by atoms with E-state index in [0.29, 0.717) is 0 Å². The maximum atomic E-state index is 4.28. The lowest BCUT2D eigenvalue weighted by molar-refractivity contribution is 0.686. The molecule has 1 aromatic heterocycles. The van der Waals surface area contributed by atoms with Crippen LogP contribution in [-0.4, -0.2) is 9.55 Å². The second kappa shape index (κ2) is 4.30. The molecule has 0 N–H and O–H groups in total. The van der Waals surface area contributed by atoms with Crippen LogP contribution < -0.4 is 0 Å². The van der Waals surface area contributed by atoms with E-state index in [1.807, 2.05) is 13.4 Å². The Hall–Kier alpha value is -1.09. The van der Waals surface area contributed by atoms with E-state index in [4.69, 9.17) is 0 Å². The average Bonchev–Trinajstić information content (AvgIpc) is 2.68. The van der Waals surface area contributed by atoms with Gasteiger partial charge in [-0.25, -0.2) is 4.98 Å². The Kier molecular flexibility index (Phi) is 2.79. The summed E-state index contributed by atoms with van der Waals surface area (Å²) in [6, 6.07) is 6.82. The second-order valence-electron chi connectivity index (χ2n) is 4.69. The Bertz CT molecular complexity index is 538. The number of rotatable bonds is 1. The van der Waals surface area contributed by atoms with Crippen molar-refractivity contribution in [1.82, 2.24) is 9.55 Å². The van der Waals surface area contributed by atoms with Crippen molar-refractivity contribution in [3.8, 4) is 11.3 Å². The normalized spacial score (nSPS) is 14.7. The number of hydrogen-bond donors (Lipinski definition) is 0. The number of benzene rings is 1. The van der Waals surface area contributed by atoms with Gasteiger partial charge in [0.05, 0.1) is 12.0 Å². The molecular weight excluding hydrogens is 276 g/mol. The minimum Gasteiger partial charge on any atom is -0.333 e. The zero-order valence-electron chi connectivity index (χ0n) is 9.91. The largest absolute Gasteiger partial charge is 0.333 e. The molecule has 3 heteroatoms. The minimum atomic E-state index is 0.927. The zero-order valence-corrected chi connectivity index (χ0v) is 11.5. The first-order chi connectivity index (χ1) is 8.25. The molecule has 0 unspecified atom stereocenters. The number of aryl methyl sites for hydroxylation is 3. The molecule has 0 fully saturated rings. The minimum absolute atomic E-state index is 0.927. The van der Waals surface area contributed by atoms with Crippen LogP contribution in [0.3, 0.4) is 0 Å². The Morgan fingerprint density at radius 3 is 2.65 bits per heavy atom. The maximum Gasteiger partial charge on any atom is 0.132 e. The predicted octanol–water partition coefficient (Wildman–Crippen LogP) is 3.73. The van der Waals surface area contributed by atoms with Crippen molar-refractivity contribution in [2.75, 3.05) is 0 Å². The van der Waals surface area contributed by atoms with Gasteiger partial charge < -0.3 is 4.57 Å². The lowest BCUT2D eigenvalue weighted by Gasteiger charge is -2.16. The highest BCUT2D eigenvalue weighted by Crippen LogP contribution is 2.30. The van der Waals surface area contributed by atoms with Crippen LogP contribution in [0, 0.1) is 0 Å². The van der Waals surface area contributed by atoms with Crippen molar-refractivity contribution >= 4 is 15.9 Å². The predicted molar refractivity (Wildman–Crippen MR) is 73.0 cm³/mol. The van der Waals surface area contributed by atoms with Gasteiger partial charge in [0.15, 0.2) is 0 Å². The number of nitrogens with zero attached hydrogens (tertiary/aromatic N) is 2. The topological polar surface area (TPSA) is 17.8 Å². The van der Waals surface area contributed by atoms with Gasteiger partial charge in [-0.2, -0.15) is 0 Å². The third kappa shape index (κ3) is 1.93. The molecule has 17 heavy (non-hydrogen) atoms. The highest BCUT2D eigenvalue weighted by atomic mass is 79.9. The zero-order chi connectivity index (χ0) is 11.8. The van der Waals surface area contributed by atoms with E-state index in [1.54, 1.807) is 0 Å². The molecule has 0 atom stereocenters. The summed E-state index contributed by atoms with van der Waals surface area (Å²) in [4.78, 5) is 4.28. The van der Waals surface area contributed by atoms with E-state index in [9.17, 15) is 0 Å². The Morgan fingerprint density at radius 1 is 1.18 bits per heavy atom. The van der Waals surface area contributed by atoms with Crippen LogP contribution >= 0.6 is 15.9 Å². The monoisotopic (exact) mass is 290 g/mol. The molecule has 1 aromatic carbocycles. The molecule has 0 saturated heterocycles. The van der Waals surface area contributed by atoms with Crippen LogP contribution in [0.25, 0.3) is 11.3 Å². The number of imidazole rings is 1. The van der Waals surface area contributed by atoms with E-state index in [2.05, 4.69) is 43.7 Å². The number of fused-ring (bicyclic) bond motifs is 1. The molecule has 1 aliphatic carbocycles. The summed E-state index contributed by atoms with van der Waals surface area (Å²) >= 11 is 3.52. The summed E-state index contributed by atoms with van der Waals surface area (Å²) < 4.78 is 2.99. The smallest absolute Gasteiger partial charge is 0.132 e. The van der Waals surface area contributed by atoms with Crippen LogP contribution in [-0.2, 0) is 19.9 Å². The first-order valence-corrected chi connectivity index (χ1v) is 6.84. The van der Waals surface area contributed by atoms with Gasteiger partial charge in [-0.1, -0.05) is 12.1 Å². The van der Waals surface area contributed by atoms with Gasteiger partial charge in [-0.05, 0) is 58.8 Å². The van der Waals surface area contributed by atoms with Gasteiger partial charge in [0.25, 0.3) is 0 Å². The second-order valence-corrected chi connectivity index (χ2v) is 5.44. The van der Waals surface area contributed by atoms with Gasteiger partial charge in [-0.3, -0.25) is 0 Å². The quantitative estimate of drug-likeness (QED) is 0.783. The summed E-state index contributed by atoms with van der Waals surface area (Å²) in [5.74, 6) is 0. The molecule has 0 saturated carbocycles. The maximum absolute atomic E-state index is 4.28. The summed E-state index contributed by atoms with van der Waals surface area (Å²) in [7, 11) is 2.03. The van der Waals surface area contributed by atoms with Crippen LogP contribution in [0.15, 0.2) is 29.1 Å². The molecule has 2 aromatic rings. The fraction of sp³-hybridized carbons (Fsp3) is 0.357. The first-order valence-electron chi connectivity index (χ1n) is 6.04. The molecule has 0 spiro atoms. The van der Waals surface area contributed by atoms with Crippen LogP contribution in [0.5, 0.6) is 0 Å². The van der Waals surface area contributed by atoms with Crippen molar-refractivity contribution in [1.29, 1.82) is 0 Å². The lowest BCUT2D eigenvalue weighted by Crippen LogP contribution is -2.02. The highest BCUT2D eigenvalue weighted by molar-refractivity contribution is 9.10.